The molecule has 0 saturated carbocycles. The van der Waals surface area contributed by atoms with Gasteiger partial charge in [0.2, 0.25) is 11.8 Å². The zero-order chi connectivity index (χ0) is 15.5. The van der Waals surface area contributed by atoms with Crippen LogP contribution in [0.4, 0.5) is 0 Å². The van der Waals surface area contributed by atoms with Crippen LogP contribution in [0.15, 0.2) is 30.3 Å². The van der Waals surface area contributed by atoms with Crippen molar-refractivity contribution in [2.45, 2.75) is 19.3 Å². The van der Waals surface area contributed by atoms with Crippen molar-refractivity contribution < 1.29 is 9.59 Å². The fourth-order valence-electron chi connectivity index (χ4n) is 3.00. The van der Waals surface area contributed by atoms with Crippen LogP contribution < -0.4 is 5.32 Å². The zero-order valence-electron chi connectivity index (χ0n) is 12.3. The van der Waals surface area contributed by atoms with E-state index in [0.29, 0.717) is 25.9 Å². The normalized spacial score (nSPS) is 22.0. The van der Waals surface area contributed by atoms with Gasteiger partial charge in [0, 0.05) is 31.1 Å². The third-order valence-corrected chi connectivity index (χ3v) is 4.60. The molecular formula is C17H19ClN2O2. The number of hydrogen-bond acceptors (Lipinski definition) is 2. The first-order chi connectivity index (χ1) is 10.6. The van der Waals surface area contributed by atoms with Crippen LogP contribution in [0.5, 0.6) is 0 Å². The summed E-state index contributed by atoms with van der Waals surface area (Å²) in [5.41, 5.74) is 2.43. The van der Waals surface area contributed by atoms with E-state index in [2.05, 4.69) is 11.4 Å². The van der Waals surface area contributed by atoms with Crippen molar-refractivity contribution in [1.29, 1.82) is 0 Å². The minimum absolute atomic E-state index is 0.0487. The lowest BCUT2D eigenvalue weighted by Gasteiger charge is -2.31. The summed E-state index contributed by atoms with van der Waals surface area (Å²) in [7, 11) is 0. The van der Waals surface area contributed by atoms with Crippen LogP contribution in [-0.4, -0.2) is 36.3 Å². The fourth-order valence-corrected chi connectivity index (χ4v) is 3.12. The van der Waals surface area contributed by atoms with E-state index >= 15 is 0 Å². The molecule has 4 nitrogen and oxygen atoms in total. The number of nitrogens with zero attached hydrogens (tertiary/aromatic N) is 1. The second kappa shape index (κ2) is 6.53. The van der Waals surface area contributed by atoms with Crippen molar-refractivity contribution >= 4 is 29.0 Å². The minimum Gasteiger partial charge on any atom is -0.355 e. The first kappa shape index (κ1) is 15.1. The summed E-state index contributed by atoms with van der Waals surface area (Å²) in [4.78, 5) is 25.5. The molecule has 1 N–H and O–H groups in total. The van der Waals surface area contributed by atoms with E-state index in [9.17, 15) is 9.59 Å². The number of benzene rings is 1. The number of hydrogen-bond donors (Lipinski definition) is 1. The Labute approximate surface area is 135 Å². The maximum Gasteiger partial charge on any atom is 0.227 e. The number of amides is 2. The van der Waals surface area contributed by atoms with Crippen LogP contribution >= 0.6 is 11.6 Å². The van der Waals surface area contributed by atoms with Gasteiger partial charge < -0.3 is 10.2 Å². The Kier molecular flexibility index (Phi) is 4.48. The first-order valence-electron chi connectivity index (χ1n) is 7.64. The zero-order valence-corrected chi connectivity index (χ0v) is 13.1. The van der Waals surface area contributed by atoms with Crippen LogP contribution in [-0.2, 0) is 9.59 Å². The minimum atomic E-state index is -0.0665. The van der Waals surface area contributed by atoms with Gasteiger partial charge in [0.05, 0.1) is 5.92 Å². The lowest BCUT2D eigenvalue weighted by molar-refractivity contribution is -0.137. The van der Waals surface area contributed by atoms with Gasteiger partial charge in [0.15, 0.2) is 0 Å². The van der Waals surface area contributed by atoms with Gasteiger partial charge in [-0.15, -0.1) is 0 Å². The Morgan fingerprint density at radius 1 is 1.23 bits per heavy atom. The van der Waals surface area contributed by atoms with Gasteiger partial charge in [-0.05, 0) is 36.1 Å². The van der Waals surface area contributed by atoms with Gasteiger partial charge in [-0.25, -0.2) is 0 Å². The summed E-state index contributed by atoms with van der Waals surface area (Å²) in [6.07, 6.45) is 4.09. The number of nitrogens with one attached hydrogen (secondary N) is 1. The lowest BCUT2D eigenvalue weighted by atomic mass is 9.95. The first-order valence-corrected chi connectivity index (χ1v) is 8.02. The molecule has 3 rings (SSSR count). The van der Waals surface area contributed by atoms with Crippen LogP contribution in [0.3, 0.4) is 0 Å². The monoisotopic (exact) mass is 318 g/mol. The summed E-state index contributed by atoms with van der Waals surface area (Å²) in [5.74, 6) is 0.141. The molecule has 116 valence electrons. The van der Waals surface area contributed by atoms with Crippen LogP contribution in [0, 0.1) is 5.92 Å². The van der Waals surface area contributed by atoms with Crippen LogP contribution in [0.1, 0.15) is 24.8 Å². The molecule has 22 heavy (non-hydrogen) atoms. The van der Waals surface area contributed by atoms with Gasteiger partial charge >= 0.3 is 0 Å². The van der Waals surface area contributed by atoms with Crippen molar-refractivity contribution in [2.75, 3.05) is 19.6 Å². The highest BCUT2D eigenvalue weighted by Gasteiger charge is 2.29. The van der Waals surface area contributed by atoms with Crippen LogP contribution in [0.25, 0.3) is 5.57 Å². The average molecular weight is 319 g/mol. The third kappa shape index (κ3) is 3.33. The molecule has 1 atom stereocenters. The summed E-state index contributed by atoms with van der Waals surface area (Å²) in [6, 6.07) is 7.81. The van der Waals surface area contributed by atoms with E-state index in [0.717, 1.165) is 18.0 Å². The highest BCUT2D eigenvalue weighted by atomic mass is 35.5. The van der Waals surface area contributed by atoms with E-state index in [4.69, 9.17) is 11.6 Å². The maximum atomic E-state index is 12.5. The van der Waals surface area contributed by atoms with E-state index in [1.165, 1.54) is 11.1 Å². The Morgan fingerprint density at radius 2 is 2.00 bits per heavy atom. The molecule has 1 aromatic carbocycles. The van der Waals surface area contributed by atoms with Crippen molar-refractivity contribution in [3.05, 3.63) is 40.9 Å². The molecule has 1 fully saturated rings. The molecule has 2 amide bonds. The summed E-state index contributed by atoms with van der Waals surface area (Å²) < 4.78 is 0. The number of carbonyl (C=O) groups excluding carboxylic acids is 2. The molecule has 0 aromatic heterocycles. The topological polar surface area (TPSA) is 49.4 Å². The van der Waals surface area contributed by atoms with Crippen molar-refractivity contribution in [2.24, 2.45) is 5.92 Å². The predicted molar refractivity (Wildman–Crippen MR) is 86.4 cm³/mol. The Hall–Kier alpha value is -1.81. The van der Waals surface area contributed by atoms with E-state index < -0.39 is 0 Å². The molecule has 1 unspecified atom stereocenters. The largest absolute Gasteiger partial charge is 0.355 e. The molecule has 0 radical (unpaired) electrons. The molecule has 1 aromatic rings. The standard InChI is InChI=1S/C17H19ClN2O2/c18-15-4-1-12(2-5-15)13-7-9-20(10-8-13)17(22)14-3-6-16(21)19-11-14/h1-2,4-5,7,14H,3,6,8-11H2,(H,19,21). The number of halogens is 1. The number of carbonyl (C=O) groups is 2. The Balaban J connectivity index is 1.61. The van der Waals surface area contributed by atoms with Gasteiger partial charge in [-0.2, -0.15) is 0 Å². The van der Waals surface area contributed by atoms with Crippen molar-refractivity contribution in [1.82, 2.24) is 10.2 Å². The number of piperidine rings is 1. The quantitative estimate of drug-likeness (QED) is 0.910. The summed E-state index contributed by atoms with van der Waals surface area (Å²) in [5, 5.41) is 3.51. The highest BCUT2D eigenvalue weighted by molar-refractivity contribution is 6.30. The maximum absolute atomic E-state index is 12.5. The molecule has 2 heterocycles. The molecule has 0 aliphatic carbocycles. The third-order valence-electron chi connectivity index (χ3n) is 4.35. The average Bonchev–Trinajstić information content (AvgIpc) is 2.56. The van der Waals surface area contributed by atoms with Gasteiger partial charge in [-0.3, -0.25) is 9.59 Å². The highest BCUT2D eigenvalue weighted by Crippen LogP contribution is 2.25. The second-order valence-electron chi connectivity index (χ2n) is 5.81. The fraction of sp³-hybridized carbons (Fsp3) is 0.412. The SMILES string of the molecule is O=C1CCC(C(=O)N2CC=C(c3ccc(Cl)cc3)CC2)CN1. The molecule has 2 aliphatic rings. The van der Waals surface area contributed by atoms with Gasteiger partial charge in [-0.1, -0.05) is 29.8 Å². The van der Waals surface area contributed by atoms with Crippen LogP contribution in [0.2, 0.25) is 5.02 Å². The van der Waals surface area contributed by atoms with Crippen molar-refractivity contribution in [3.8, 4) is 0 Å². The molecule has 2 aliphatic heterocycles. The Morgan fingerprint density at radius 3 is 2.59 bits per heavy atom. The smallest absolute Gasteiger partial charge is 0.227 e. The summed E-state index contributed by atoms with van der Waals surface area (Å²) in [6.45, 7) is 1.85. The molecular weight excluding hydrogens is 300 g/mol. The molecule has 1 saturated heterocycles. The predicted octanol–water partition coefficient (Wildman–Crippen LogP) is 2.48. The summed E-state index contributed by atoms with van der Waals surface area (Å²) >= 11 is 5.91. The second-order valence-corrected chi connectivity index (χ2v) is 6.25. The molecule has 5 heteroatoms. The lowest BCUT2D eigenvalue weighted by Crippen LogP contribution is -2.46. The molecule has 0 spiro atoms. The van der Waals surface area contributed by atoms with E-state index in [-0.39, 0.29) is 17.7 Å². The van der Waals surface area contributed by atoms with Gasteiger partial charge in [0.1, 0.15) is 0 Å². The number of rotatable bonds is 2. The van der Waals surface area contributed by atoms with E-state index in [1.54, 1.807) is 0 Å². The van der Waals surface area contributed by atoms with E-state index in [1.807, 2.05) is 29.2 Å². The Bertz CT molecular complexity index is 600. The molecule has 0 bridgehead atoms. The van der Waals surface area contributed by atoms with Crippen molar-refractivity contribution in [3.63, 3.8) is 0 Å². The van der Waals surface area contributed by atoms with Gasteiger partial charge in [0.25, 0.3) is 0 Å².